The van der Waals surface area contributed by atoms with Gasteiger partial charge in [-0.25, -0.2) is 9.07 Å². The Kier molecular flexibility index (Phi) is 2.48. The minimum atomic E-state index is -4.86. The van der Waals surface area contributed by atoms with E-state index in [4.69, 9.17) is 0 Å². The van der Waals surface area contributed by atoms with E-state index in [-0.39, 0.29) is 5.82 Å². The van der Waals surface area contributed by atoms with Gasteiger partial charge in [0, 0.05) is 0 Å². The van der Waals surface area contributed by atoms with Gasteiger partial charge in [0.1, 0.15) is 5.82 Å². The molecule has 0 saturated carbocycles. The monoisotopic (exact) mass is 198 g/mol. The van der Waals surface area contributed by atoms with Crippen molar-refractivity contribution < 1.29 is 17.6 Å². The minimum absolute atomic E-state index is 0.145. The molecule has 74 valence electrons. The third-order valence-corrected chi connectivity index (χ3v) is 1.40. The van der Waals surface area contributed by atoms with E-state index in [2.05, 4.69) is 15.5 Å². The second-order valence-corrected chi connectivity index (χ2v) is 2.42. The lowest BCUT2D eigenvalue weighted by Gasteiger charge is -2.11. The fraction of sp³-hybridized carbons (Fsp3) is 0.800. The number of tetrazole rings is 1. The van der Waals surface area contributed by atoms with Gasteiger partial charge < -0.3 is 0 Å². The molecule has 1 heterocycles. The molecule has 0 radical (unpaired) electrons. The number of aromatic nitrogens is 4. The zero-order valence-electron chi connectivity index (χ0n) is 6.59. The second-order valence-electron chi connectivity index (χ2n) is 2.42. The molecule has 0 fully saturated rings. The number of nitrogens with zero attached hydrogens (tertiary/aromatic N) is 4. The molecule has 1 unspecified atom stereocenters. The largest absolute Gasteiger partial charge is 0.421 e. The number of rotatable bonds is 2. The van der Waals surface area contributed by atoms with Crippen LogP contribution in [0.1, 0.15) is 5.82 Å². The highest BCUT2D eigenvalue weighted by Crippen LogP contribution is 2.23. The van der Waals surface area contributed by atoms with Crippen LogP contribution in [0.3, 0.4) is 0 Å². The summed E-state index contributed by atoms with van der Waals surface area (Å²) in [4.78, 5) is 0. The Labute approximate surface area is 70.5 Å². The quantitative estimate of drug-likeness (QED) is 0.662. The average molecular weight is 198 g/mol. The standard InChI is InChI=1S/C5H6F4N4/c1-3-10-11-12-13(3)2-4(6)5(7,8)9/h4H,2H2,1H3. The number of hydrogen-bond acceptors (Lipinski definition) is 3. The van der Waals surface area contributed by atoms with Crippen molar-refractivity contribution in [3.8, 4) is 0 Å². The SMILES string of the molecule is Cc1nnnn1CC(F)C(F)(F)F. The summed E-state index contributed by atoms with van der Waals surface area (Å²) in [6.07, 6.45) is -7.80. The van der Waals surface area contributed by atoms with Crippen LogP contribution in [0.4, 0.5) is 17.6 Å². The van der Waals surface area contributed by atoms with Crippen molar-refractivity contribution in [2.45, 2.75) is 25.8 Å². The minimum Gasteiger partial charge on any atom is -0.235 e. The molecule has 0 N–H and O–H groups in total. The molecular weight excluding hydrogens is 192 g/mol. The molecule has 0 aliphatic heterocycles. The Hall–Kier alpha value is -1.21. The molecule has 0 saturated heterocycles. The molecule has 13 heavy (non-hydrogen) atoms. The highest BCUT2D eigenvalue weighted by molar-refractivity contribution is 4.76. The van der Waals surface area contributed by atoms with Gasteiger partial charge in [-0.3, -0.25) is 0 Å². The van der Waals surface area contributed by atoms with Gasteiger partial charge in [-0.05, 0) is 17.4 Å². The summed E-state index contributed by atoms with van der Waals surface area (Å²) < 4.78 is 48.3. The number of halogens is 4. The van der Waals surface area contributed by atoms with Gasteiger partial charge in [0.2, 0.25) is 6.17 Å². The van der Waals surface area contributed by atoms with Crippen molar-refractivity contribution >= 4 is 0 Å². The van der Waals surface area contributed by atoms with Crippen LogP contribution in [0.15, 0.2) is 0 Å². The first-order valence-electron chi connectivity index (χ1n) is 3.35. The van der Waals surface area contributed by atoms with E-state index in [0.29, 0.717) is 0 Å². The predicted molar refractivity (Wildman–Crippen MR) is 33.5 cm³/mol. The molecule has 0 aliphatic carbocycles. The molecule has 0 bridgehead atoms. The summed E-state index contributed by atoms with van der Waals surface area (Å²) in [6, 6.07) is 0. The smallest absolute Gasteiger partial charge is 0.235 e. The van der Waals surface area contributed by atoms with Gasteiger partial charge in [0.25, 0.3) is 0 Å². The van der Waals surface area contributed by atoms with Crippen LogP contribution in [0.5, 0.6) is 0 Å². The van der Waals surface area contributed by atoms with E-state index in [1.165, 1.54) is 6.92 Å². The Morgan fingerprint density at radius 1 is 1.46 bits per heavy atom. The van der Waals surface area contributed by atoms with Crippen molar-refractivity contribution in [3.63, 3.8) is 0 Å². The lowest BCUT2D eigenvalue weighted by atomic mass is 10.4. The number of aryl methyl sites for hydroxylation is 1. The van der Waals surface area contributed by atoms with Crippen LogP contribution in [0.2, 0.25) is 0 Å². The Morgan fingerprint density at radius 3 is 2.46 bits per heavy atom. The first-order chi connectivity index (χ1) is 5.91. The molecule has 4 nitrogen and oxygen atoms in total. The maximum Gasteiger partial charge on any atom is 0.421 e. The summed E-state index contributed by atoms with van der Waals surface area (Å²) in [5.74, 6) is 0.145. The topological polar surface area (TPSA) is 43.6 Å². The van der Waals surface area contributed by atoms with Crippen LogP contribution in [-0.2, 0) is 6.54 Å². The summed E-state index contributed by atoms with van der Waals surface area (Å²) in [5.41, 5.74) is 0. The highest BCUT2D eigenvalue weighted by atomic mass is 19.4. The molecule has 1 rings (SSSR count). The molecule has 1 atom stereocenters. The zero-order valence-corrected chi connectivity index (χ0v) is 6.59. The molecular formula is C5H6F4N4. The molecule has 0 aliphatic rings. The lowest BCUT2D eigenvalue weighted by molar-refractivity contribution is -0.184. The number of alkyl halides is 4. The van der Waals surface area contributed by atoms with E-state index < -0.39 is 18.9 Å². The second kappa shape index (κ2) is 3.27. The van der Waals surface area contributed by atoms with E-state index in [9.17, 15) is 17.6 Å². The van der Waals surface area contributed by atoms with Crippen LogP contribution < -0.4 is 0 Å². The highest BCUT2D eigenvalue weighted by Gasteiger charge is 2.40. The van der Waals surface area contributed by atoms with Crippen molar-refractivity contribution in [1.82, 2.24) is 20.2 Å². The molecule has 0 aromatic carbocycles. The maximum atomic E-state index is 12.4. The fourth-order valence-electron chi connectivity index (χ4n) is 0.673. The van der Waals surface area contributed by atoms with Crippen LogP contribution in [0.25, 0.3) is 0 Å². The van der Waals surface area contributed by atoms with Gasteiger partial charge in [-0.1, -0.05) is 0 Å². The van der Waals surface area contributed by atoms with Crippen LogP contribution in [-0.4, -0.2) is 32.6 Å². The van der Waals surface area contributed by atoms with Crippen molar-refractivity contribution in [3.05, 3.63) is 5.82 Å². The molecule has 0 spiro atoms. The van der Waals surface area contributed by atoms with Crippen molar-refractivity contribution in [2.24, 2.45) is 0 Å². The van der Waals surface area contributed by atoms with E-state index in [1.807, 2.05) is 0 Å². The molecule has 1 aromatic rings. The fourth-order valence-corrected chi connectivity index (χ4v) is 0.673. The van der Waals surface area contributed by atoms with Crippen LogP contribution in [0, 0.1) is 6.92 Å². The first-order valence-corrected chi connectivity index (χ1v) is 3.35. The van der Waals surface area contributed by atoms with Crippen LogP contribution >= 0.6 is 0 Å². The lowest BCUT2D eigenvalue weighted by Crippen LogP contribution is -2.29. The summed E-state index contributed by atoms with van der Waals surface area (Å²) >= 11 is 0. The predicted octanol–water partition coefficient (Wildman–Crippen LogP) is 0.882. The number of hydrogen-bond donors (Lipinski definition) is 0. The Bertz CT molecular complexity index is 280. The molecule has 8 heteroatoms. The van der Waals surface area contributed by atoms with Crippen molar-refractivity contribution in [1.29, 1.82) is 0 Å². The van der Waals surface area contributed by atoms with E-state index >= 15 is 0 Å². The average Bonchev–Trinajstić information content (AvgIpc) is 2.34. The van der Waals surface area contributed by atoms with Gasteiger partial charge in [-0.15, -0.1) is 5.10 Å². The summed E-state index contributed by atoms with van der Waals surface area (Å²) in [7, 11) is 0. The van der Waals surface area contributed by atoms with Crippen molar-refractivity contribution in [2.75, 3.05) is 0 Å². The zero-order chi connectivity index (χ0) is 10.1. The Balaban J connectivity index is 2.65. The van der Waals surface area contributed by atoms with Gasteiger partial charge in [0.05, 0.1) is 6.54 Å². The van der Waals surface area contributed by atoms with Gasteiger partial charge in [0.15, 0.2) is 0 Å². The van der Waals surface area contributed by atoms with E-state index in [0.717, 1.165) is 4.68 Å². The Morgan fingerprint density at radius 2 is 2.08 bits per heavy atom. The summed E-state index contributed by atoms with van der Waals surface area (Å²) in [5, 5.41) is 9.59. The molecule has 1 aromatic heterocycles. The van der Waals surface area contributed by atoms with E-state index in [1.54, 1.807) is 0 Å². The van der Waals surface area contributed by atoms with Gasteiger partial charge >= 0.3 is 6.18 Å². The third-order valence-electron chi connectivity index (χ3n) is 1.40. The maximum absolute atomic E-state index is 12.4. The normalized spacial score (nSPS) is 14.5. The summed E-state index contributed by atoms with van der Waals surface area (Å²) in [6.45, 7) is 0.491. The molecule has 0 amide bonds. The first kappa shape index (κ1) is 9.87. The third kappa shape index (κ3) is 2.36. The van der Waals surface area contributed by atoms with Gasteiger partial charge in [-0.2, -0.15) is 13.2 Å².